The number of ether oxygens (including phenoxy) is 1. The molecule has 1 fully saturated rings. The van der Waals surface area contributed by atoms with Gasteiger partial charge in [-0.2, -0.15) is 0 Å². The normalized spacial score (nSPS) is 16.4. The summed E-state index contributed by atoms with van der Waals surface area (Å²) in [5, 5.41) is 3.34. The Labute approximate surface area is 143 Å². The highest BCUT2D eigenvalue weighted by Crippen LogP contribution is 2.04. The zero-order valence-electron chi connectivity index (χ0n) is 15.6. The molecule has 0 aromatic rings. The first-order valence-corrected chi connectivity index (χ1v) is 8.77. The minimum absolute atomic E-state index is 0.149. The van der Waals surface area contributed by atoms with Crippen LogP contribution in [0, 0.1) is 5.92 Å². The Morgan fingerprint density at radius 2 is 1.61 bits per heavy atom. The molecule has 5 nitrogen and oxygen atoms in total. The molecule has 1 aliphatic rings. The molecule has 0 atom stereocenters. The van der Waals surface area contributed by atoms with Crippen molar-refractivity contribution in [1.29, 1.82) is 0 Å². The highest BCUT2D eigenvalue weighted by molar-refractivity contribution is 5.82. The maximum atomic E-state index is 11.7. The molecular weight excluding hydrogens is 290 g/mol. The van der Waals surface area contributed by atoms with E-state index in [1.165, 1.54) is 0 Å². The zero-order valence-corrected chi connectivity index (χ0v) is 15.6. The van der Waals surface area contributed by atoms with Gasteiger partial charge in [0, 0.05) is 51.2 Å². The molecule has 0 aliphatic carbocycles. The van der Waals surface area contributed by atoms with E-state index in [0.717, 1.165) is 52.5 Å². The van der Waals surface area contributed by atoms with Gasteiger partial charge in [-0.3, -0.25) is 14.6 Å². The lowest BCUT2D eigenvalue weighted by Crippen LogP contribution is -2.49. The summed E-state index contributed by atoms with van der Waals surface area (Å²) < 4.78 is 5.64. The largest absolute Gasteiger partial charge is 0.379 e. The molecule has 0 unspecified atom stereocenters. The van der Waals surface area contributed by atoms with Crippen LogP contribution in [0.15, 0.2) is 13.2 Å². The van der Waals surface area contributed by atoms with Crippen molar-refractivity contribution in [3.8, 4) is 0 Å². The van der Waals surface area contributed by atoms with Gasteiger partial charge in [-0.15, -0.1) is 13.2 Å². The number of hydrogen-bond acceptors (Lipinski definition) is 5. The van der Waals surface area contributed by atoms with Gasteiger partial charge in [0.2, 0.25) is 0 Å². The average Bonchev–Trinajstić information content (AvgIpc) is 2.53. The fourth-order valence-corrected chi connectivity index (χ4v) is 2.29. The fraction of sp³-hybridized carbons (Fsp3) is 0.833. The van der Waals surface area contributed by atoms with Gasteiger partial charge in [0.1, 0.15) is 5.78 Å². The van der Waals surface area contributed by atoms with Gasteiger partial charge >= 0.3 is 0 Å². The van der Waals surface area contributed by atoms with Gasteiger partial charge < -0.3 is 10.1 Å². The second kappa shape index (κ2) is 13.7. The van der Waals surface area contributed by atoms with Crippen molar-refractivity contribution < 1.29 is 9.53 Å². The van der Waals surface area contributed by atoms with Crippen LogP contribution in [0.25, 0.3) is 0 Å². The smallest absolute Gasteiger partial charge is 0.149 e. The molecule has 0 aromatic heterocycles. The molecule has 5 heteroatoms. The number of carbonyl (C=O) groups is 1. The number of piperazine rings is 1. The van der Waals surface area contributed by atoms with Crippen molar-refractivity contribution in [2.24, 2.45) is 5.92 Å². The summed E-state index contributed by atoms with van der Waals surface area (Å²) in [6.45, 7) is 22.4. The molecule has 0 bridgehead atoms. The molecule has 0 spiro atoms. The minimum Gasteiger partial charge on any atom is -0.379 e. The van der Waals surface area contributed by atoms with E-state index in [1.807, 2.05) is 13.8 Å². The zero-order chi connectivity index (χ0) is 17.7. The van der Waals surface area contributed by atoms with Crippen molar-refractivity contribution in [2.45, 2.75) is 33.7 Å². The quantitative estimate of drug-likeness (QED) is 0.488. The Hall–Kier alpha value is -0.750. The van der Waals surface area contributed by atoms with Gasteiger partial charge in [0.25, 0.3) is 0 Å². The number of rotatable bonds is 10. The van der Waals surface area contributed by atoms with Crippen LogP contribution in [-0.4, -0.2) is 80.7 Å². The van der Waals surface area contributed by atoms with Crippen LogP contribution < -0.4 is 5.32 Å². The van der Waals surface area contributed by atoms with Crippen LogP contribution in [0.2, 0.25) is 0 Å². The SMILES string of the molecule is C=C.CC(C)NCCOCCN1CCN(CC(=O)C(C)C)CC1. The number of nitrogens with one attached hydrogen (secondary N) is 1. The summed E-state index contributed by atoms with van der Waals surface area (Å²) in [4.78, 5) is 16.4. The highest BCUT2D eigenvalue weighted by Gasteiger charge is 2.19. The van der Waals surface area contributed by atoms with Crippen LogP contribution in [0.4, 0.5) is 0 Å². The maximum Gasteiger partial charge on any atom is 0.149 e. The van der Waals surface area contributed by atoms with Crippen LogP contribution in [0.3, 0.4) is 0 Å². The molecular formula is C18H37N3O2. The monoisotopic (exact) mass is 327 g/mol. The standard InChI is InChI=1S/C16H33N3O2.C2H4/c1-14(2)16(20)13-19-8-6-18(7-9-19)10-12-21-11-5-17-15(3)4;1-2/h14-15,17H,5-13H2,1-4H3;1-2H2. The molecule has 1 heterocycles. The van der Waals surface area contributed by atoms with Gasteiger partial charge in [-0.1, -0.05) is 27.7 Å². The summed E-state index contributed by atoms with van der Waals surface area (Å²) in [7, 11) is 0. The van der Waals surface area contributed by atoms with Gasteiger partial charge in [0.05, 0.1) is 19.8 Å². The molecule has 1 saturated heterocycles. The Morgan fingerprint density at radius 1 is 1.04 bits per heavy atom. The van der Waals surface area contributed by atoms with Crippen molar-refractivity contribution >= 4 is 5.78 Å². The topological polar surface area (TPSA) is 44.8 Å². The molecule has 1 aliphatic heterocycles. The summed E-state index contributed by atoms with van der Waals surface area (Å²) >= 11 is 0. The number of carbonyl (C=O) groups excluding carboxylic acids is 1. The van der Waals surface area contributed by atoms with E-state index in [1.54, 1.807) is 0 Å². The van der Waals surface area contributed by atoms with E-state index < -0.39 is 0 Å². The van der Waals surface area contributed by atoms with E-state index in [0.29, 0.717) is 18.4 Å². The predicted molar refractivity (Wildman–Crippen MR) is 97.9 cm³/mol. The molecule has 23 heavy (non-hydrogen) atoms. The predicted octanol–water partition coefficient (Wildman–Crippen LogP) is 1.65. The van der Waals surface area contributed by atoms with Crippen molar-refractivity contribution in [3.63, 3.8) is 0 Å². The molecule has 0 radical (unpaired) electrons. The molecule has 1 N–H and O–H groups in total. The third-order valence-corrected chi connectivity index (χ3v) is 3.84. The first-order chi connectivity index (χ1) is 11.0. The lowest BCUT2D eigenvalue weighted by Gasteiger charge is -2.34. The maximum absolute atomic E-state index is 11.7. The number of nitrogens with zero attached hydrogens (tertiary/aromatic N) is 2. The molecule has 1 rings (SSSR count). The van der Waals surface area contributed by atoms with Crippen molar-refractivity contribution in [3.05, 3.63) is 13.2 Å². The second-order valence-electron chi connectivity index (χ2n) is 6.46. The first-order valence-electron chi connectivity index (χ1n) is 8.77. The lowest BCUT2D eigenvalue weighted by atomic mass is 10.1. The Morgan fingerprint density at radius 3 is 2.13 bits per heavy atom. The van der Waals surface area contributed by atoms with Gasteiger partial charge in [0.15, 0.2) is 0 Å². The number of Topliss-reactive ketones (excluding diaryl/α,β-unsaturated/α-hetero) is 1. The van der Waals surface area contributed by atoms with E-state index in [4.69, 9.17) is 4.74 Å². The number of ketones is 1. The van der Waals surface area contributed by atoms with E-state index in [2.05, 4.69) is 42.1 Å². The van der Waals surface area contributed by atoms with E-state index in [-0.39, 0.29) is 5.92 Å². The summed E-state index contributed by atoms with van der Waals surface area (Å²) in [6.07, 6.45) is 0. The average molecular weight is 328 g/mol. The van der Waals surface area contributed by atoms with E-state index in [9.17, 15) is 4.79 Å². The van der Waals surface area contributed by atoms with Crippen LogP contribution in [0.5, 0.6) is 0 Å². The Bertz CT molecular complexity index is 301. The molecule has 0 amide bonds. The number of hydrogen-bond donors (Lipinski definition) is 1. The van der Waals surface area contributed by atoms with Crippen molar-refractivity contribution in [2.75, 3.05) is 59.0 Å². The summed E-state index contributed by atoms with van der Waals surface area (Å²) in [6, 6.07) is 0.523. The minimum atomic E-state index is 0.149. The summed E-state index contributed by atoms with van der Waals surface area (Å²) in [5.41, 5.74) is 0. The third-order valence-electron chi connectivity index (χ3n) is 3.84. The molecule has 0 aromatic carbocycles. The van der Waals surface area contributed by atoms with Crippen LogP contribution >= 0.6 is 0 Å². The Balaban J connectivity index is 0.00000232. The van der Waals surface area contributed by atoms with Gasteiger partial charge in [-0.25, -0.2) is 0 Å². The van der Waals surface area contributed by atoms with Gasteiger partial charge in [-0.05, 0) is 0 Å². The second-order valence-corrected chi connectivity index (χ2v) is 6.46. The molecule has 136 valence electrons. The highest BCUT2D eigenvalue weighted by atomic mass is 16.5. The van der Waals surface area contributed by atoms with Crippen molar-refractivity contribution in [1.82, 2.24) is 15.1 Å². The van der Waals surface area contributed by atoms with Crippen LogP contribution in [0.1, 0.15) is 27.7 Å². The van der Waals surface area contributed by atoms with Crippen LogP contribution in [-0.2, 0) is 9.53 Å². The Kier molecular flexibility index (Phi) is 13.2. The summed E-state index contributed by atoms with van der Waals surface area (Å²) in [5.74, 6) is 0.500. The van der Waals surface area contributed by atoms with E-state index >= 15 is 0 Å². The molecule has 0 saturated carbocycles. The third kappa shape index (κ3) is 11.4. The lowest BCUT2D eigenvalue weighted by molar-refractivity contribution is -0.123. The first kappa shape index (κ1) is 22.2. The fourth-order valence-electron chi connectivity index (χ4n) is 2.29.